The molecular weight excluding hydrogens is 434 g/mol. The van der Waals surface area contributed by atoms with Gasteiger partial charge in [0.1, 0.15) is 5.76 Å². The third kappa shape index (κ3) is 3.61. The molecule has 0 aliphatic carbocycles. The van der Waals surface area contributed by atoms with E-state index < -0.39 is 28.4 Å². The Morgan fingerprint density at radius 2 is 1.88 bits per heavy atom. The number of aliphatic hydroxyl groups excluding tert-OH is 1. The molecule has 1 aliphatic heterocycles. The summed E-state index contributed by atoms with van der Waals surface area (Å²) in [5, 5.41) is 22.3. The van der Waals surface area contributed by atoms with Crippen molar-refractivity contribution >= 4 is 40.4 Å². The first-order chi connectivity index (χ1) is 15.3. The van der Waals surface area contributed by atoms with E-state index in [1.165, 1.54) is 35.4 Å². The Bertz CT molecular complexity index is 1270. The molecule has 2 heterocycles. The summed E-state index contributed by atoms with van der Waals surface area (Å²) in [7, 11) is 0. The van der Waals surface area contributed by atoms with Crippen LogP contribution in [0.4, 0.5) is 11.4 Å². The molecule has 1 N–H and O–H groups in total. The van der Waals surface area contributed by atoms with Crippen molar-refractivity contribution < 1.29 is 19.6 Å². The van der Waals surface area contributed by atoms with Gasteiger partial charge in [0.15, 0.2) is 0 Å². The van der Waals surface area contributed by atoms with Crippen molar-refractivity contribution in [2.45, 2.75) is 13.0 Å². The number of Topliss-reactive ketones (excluding diaryl/α,β-unsaturated/α-hetero) is 1. The molecule has 0 spiro atoms. The number of non-ortho nitro benzene ring substituents is 1. The van der Waals surface area contributed by atoms with Gasteiger partial charge in [0, 0.05) is 40.8 Å². The number of rotatable bonds is 4. The van der Waals surface area contributed by atoms with E-state index in [0.29, 0.717) is 21.8 Å². The zero-order valence-electron chi connectivity index (χ0n) is 16.7. The molecule has 4 rings (SSSR count). The number of hydrogen-bond donors (Lipinski definition) is 1. The highest BCUT2D eigenvalue weighted by molar-refractivity contribution is 6.52. The molecule has 1 fully saturated rings. The van der Waals surface area contributed by atoms with E-state index in [9.17, 15) is 24.8 Å². The predicted molar refractivity (Wildman–Crippen MR) is 118 cm³/mol. The van der Waals surface area contributed by atoms with Gasteiger partial charge < -0.3 is 5.11 Å². The zero-order chi connectivity index (χ0) is 23.0. The molecule has 1 aromatic heterocycles. The number of hydrogen-bond acceptors (Lipinski definition) is 6. The van der Waals surface area contributed by atoms with E-state index in [4.69, 9.17) is 11.6 Å². The van der Waals surface area contributed by atoms with Crippen molar-refractivity contribution in [1.29, 1.82) is 0 Å². The Hall–Kier alpha value is -4.04. The minimum atomic E-state index is -0.962. The van der Waals surface area contributed by atoms with Crippen LogP contribution in [0.1, 0.15) is 22.7 Å². The molecule has 3 aromatic rings. The number of nitrogens with zero attached hydrogens (tertiary/aromatic N) is 3. The first kappa shape index (κ1) is 21.2. The Balaban J connectivity index is 1.94. The van der Waals surface area contributed by atoms with Crippen LogP contribution in [0.25, 0.3) is 5.76 Å². The van der Waals surface area contributed by atoms with Crippen molar-refractivity contribution in [2.24, 2.45) is 0 Å². The van der Waals surface area contributed by atoms with Crippen LogP contribution in [0.5, 0.6) is 0 Å². The van der Waals surface area contributed by atoms with Gasteiger partial charge in [0.05, 0.1) is 16.5 Å². The normalized spacial score (nSPS) is 17.6. The molecule has 8 nitrogen and oxygen atoms in total. The molecule has 9 heteroatoms. The number of aryl methyl sites for hydroxylation is 1. The second-order valence-corrected chi connectivity index (χ2v) is 7.63. The number of amides is 1. The van der Waals surface area contributed by atoms with Crippen molar-refractivity contribution in [1.82, 2.24) is 4.98 Å². The fourth-order valence-corrected chi connectivity index (χ4v) is 3.84. The van der Waals surface area contributed by atoms with Crippen molar-refractivity contribution in [3.63, 3.8) is 0 Å². The number of halogens is 1. The maximum atomic E-state index is 13.1. The Morgan fingerprint density at radius 1 is 1.16 bits per heavy atom. The van der Waals surface area contributed by atoms with Crippen molar-refractivity contribution in [3.8, 4) is 0 Å². The molecule has 32 heavy (non-hydrogen) atoms. The smallest absolute Gasteiger partial charge is 0.300 e. The second kappa shape index (κ2) is 8.24. The fraction of sp³-hybridized carbons (Fsp3) is 0.0870. The van der Waals surface area contributed by atoms with Gasteiger partial charge in [0.25, 0.3) is 17.4 Å². The standard InChI is InChI=1S/C23H16ClN3O5/c1-13-4-7-16(24)11-18(13)26-20(15-3-2-10-25-12-15)19(22(29)23(26)30)21(28)14-5-8-17(9-6-14)27(31)32/h2-12,20,28H,1H3/b21-19+. The summed E-state index contributed by atoms with van der Waals surface area (Å²) < 4.78 is 0. The number of aromatic nitrogens is 1. The summed E-state index contributed by atoms with van der Waals surface area (Å²) in [6.07, 6.45) is 3.06. The largest absolute Gasteiger partial charge is 0.507 e. The number of carbonyl (C=O) groups is 2. The molecule has 2 aromatic carbocycles. The minimum absolute atomic E-state index is 0.142. The quantitative estimate of drug-likeness (QED) is 0.205. The maximum absolute atomic E-state index is 13.1. The lowest BCUT2D eigenvalue weighted by Crippen LogP contribution is -2.30. The summed E-state index contributed by atoms with van der Waals surface area (Å²) in [4.78, 5) is 42.0. The molecule has 0 radical (unpaired) electrons. The Labute approximate surface area is 187 Å². The van der Waals surface area contributed by atoms with Crippen LogP contribution in [-0.2, 0) is 9.59 Å². The SMILES string of the molecule is Cc1ccc(Cl)cc1N1C(=O)C(=O)/C(=C(/O)c2ccc([N+](=O)[O-])cc2)C1c1cccnc1. The van der Waals surface area contributed by atoms with Crippen molar-refractivity contribution in [3.05, 3.63) is 104 Å². The van der Waals surface area contributed by atoms with Gasteiger partial charge in [-0.1, -0.05) is 23.7 Å². The third-order valence-electron chi connectivity index (χ3n) is 5.23. The number of anilines is 1. The fourth-order valence-electron chi connectivity index (χ4n) is 3.67. The number of aliphatic hydroxyl groups is 1. The van der Waals surface area contributed by atoms with Gasteiger partial charge in [-0.05, 0) is 48.4 Å². The Morgan fingerprint density at radius 3 is 2.50 bits per heavy atom. The lowest BCUT2D eigenvalue weighted by atomic mass is 9.96. The van der Waals surface area contributed by atoms with Crippen LogP contribution in [0.3, 0.4) is 0 Å². The van der Waals surface area contributed by atoms with Gasteiger partial charge in [0.2, 0.25) is 0 Å². The van der Waals surface area contributed by atoms with E-state index in [0.717, 1.165) is 0 Å². The topological polar surface area (TPSA) is 114 Å². The molecular formula is C23H16ClN3O5. The molecule has 1 amide bonds. The first-order valence-corrected chi connectivity index (χ1v) is 9.89. The van der Waals surface area contributed by atoms with Crippen LogP contribution in [0, 0.1) is 17.0 Å². The molecule has 1 saturated heterocycles. The summed E-state index contributed by atoms with van der Waals surface area (Å²) >= 11 is 6.16. The van der Waals surface area contributed by atoms with Crippen LogP contribution >= 0.6 is 11.6 Å². The van der Waals surface area contributed by atoms with E-state index in [1.54, 1.807) is 43.5 Å². The lowest BCUT2D eigenvalue weighted by Gasteiger charge is -2.26. The van der Waals surface area contributed by atoms with Gasteiger partial charge in [-0.3, -0.25) is 29.6 Å². The predicted octanol–water partition coefficient (Wildman–Crippen LogP) is 4.58. The second-order valence-electron chi connectivity index (χ2n) is 7.19. The van der Waals surface area contributed by atoms with Crippen LogP contribution in [0.15, 0.2) is 72.6 Å². The summed E-state index contributed by atoms with van der Waals surface area (Å²) in [6.45, 7) is 1.78. The molecule has 0 saturated carbocycles. The molecule has 1 unspecified atom stereocenters. The average molecular weight is 450 g/mol. The number of pyridine rings is 1. The van der Waals surface area contributed by atoms with E-state index in [1.807, 2.05) is 0 Å². The third-order valence-corrected chi connectivity index (χ3v) is 5.46. The summed E-state index contributed by atoms with van der Waals surface area (Å²) in [6, 6.07) is 12.5. The lowest BCUT2D eigenvalue weighted by molar-refractivity contribution is -0.384. The van der Waals surface area contributed by atoms with Crippen molar-refractivity contribution in [2.75, 3.05) is 4.90 Å². The highest BCUT2D eigenvalue weighted by Crippen LogP contribution is 2.43. The number of carbonyl (C=O) groups excluding carboxylic acids is 2. The first-order valence-electron chi connectivity index (χ1n) is 9.51. The maximum Gasteiger partial charge on any atom is 0.300 e. The number of nitro benzene ring substituents is 1. The van der Waals surface area contributed by atoms with Gasteiger partial charge in [-0.15, -0.1) is 0 Å². The number of ketones is 1. The monoisotopic (exact) mass is 449 g/mol. The average Bonchev–Trinajstić information content (AvgIpc) is 3.06. The molecule has 0 bridgehead atoms. The number of nitro groups is 1. The Kier molecular flexibility index (Phi) is 5.46. The highest BCUT2D eigenvalue weighted by atomic mass is 35.5. The molecule has 1 aliphatic rings. The zero-order valence-corrected chi connectivity index (χ0v) is 17.5. The highest BCUT2D eigenvalue weighted by Gasteiger charge is 2.47. The van der Waals surface area contributed by atoms with E-state index in [2.05, 4.69) is 4.98 Å². The summed E-state index contributed by atoms with van der Waals surface area (Å²) in [5.74, 6) is -2.14. The van der Waals surface area contributed by atoms with Crippen LogP contribution in [0.2, 0.25) is 5.02 Å². The van der Waals surface area contributed by atoms with E-state index >= 15 is 0 Å². The number of benzene rings is 2. The molecule has 160 valence electrons. The minimum Gasteiger partial charge on any atom is -0.507 e. The molecule has 1 atom stereocenters. The van der Waals surface area contributed by atoms with E-state index in [-0.39, 0.29) is 16.8 Å². The van der Waals surface area contributed by atoms with Gasteiger partial charge in [-0.25, -0.2) is 0 Å². The van der Waals surface area contributed by atoms with Crippen LogP contribution < -0.4 is 4.90 Å². The van der Waals surface area contributed by atoms with Crippen LogP contribution in [-0.4, -0.2) is 26.7 Å². The summed E-state index contributed by atoms with van der Waals surface area (Å²) in [5.41, 5.74) is 1.51. The van der Waals surface area contributed by atoms with Gasteiger partial charge >= 0.3 is 0 Å². The van der Waals surface area contributed by atoms with Gasteiger partial charge in [-0.2, -0.15) is 0 Å².